The van der Waals surface area contributed by atoms with Gasteiger partial charge in [0, 0.05) is 25.1 Å². The quantitative estimate of drug-likeness (QED) is 0.483. The highest BCUT2D eigenvalue weighted by Gasteiger charge is 2.22. The Labute approximate surface area is 180 Å². The Morgan fingerprint density at radius 1 is 1.20 bits per heavy atom. The molecule has 8 heteroatoms. The van der Waals surface area contributed by atoms with E-state index in [1.54, 1.807) is 30.1 Å². The van der Waals surface area contributed by atoms with E-state index in [1.807, 2.05) is 31.3 Å². The van der Waals surface area contributed by atoms with Crippen molar-refractivity contribution in [3.05, 3.63) is 71.6 Å². The molecule has 3 aromatic rings. The minimum atomic E-state index is -0.212. The fraction of sp³-hybridized carbons (Fsp3) is 0.409. The average Bonchev–Trinajstić information content (AvgIpc) is 3.38. The van der Waals surface area contributed by atoms with E-state index in [0.29, 0.717) is 13.1 Å². The predicted octanol–water partition coefficient (Wildman–Crippen LogP) is 3.92. The molecule has 1 fully saturated rings. The number of thioether (sulfide) groups is 1. The van der Waals surface area contributed by atoms with E-state index in [4.69, 9.17) is 4.74 Å². The first-order valence-electron chi connectivity index (χ1n) is 10.2. The van der Waals surface area contributed by atoms with Gasteiger partial charge in [-0.2, -0.15) is 0 Å². The third-order valence-electron chi connectivity index (χ3n) is 5.03. The Bertz CT molecular complexity index is 946. The molecule has 0 spiro atoms. The van der Waals surface area contributed by atoms with E-state index in [1.165, 1.54) is 6.07 Å². The molecule has 1 atom stereocenters. The largest absolute Gasteiger partial charge is 0.376 e. The van der Waals surface area contributed by atoms with E-state index < -0.39 is 0 Å². The summed E-state index contributed by atoms with van der Waals surface area (Å²) in [6.07, 6.45) is 4.15. The van der Waals surface area contributed by atoms with Crippen molar-refractivity contribution in [2.75, 3.05) is 13.7 Å². The standard InChI is InChI=1S/C22H26FN5OS/c1-27(13-17-6-4-7-18(23)12-17)15-21-25-26-22(28(21)14-20-9-5-11-29-20)30-16-19-8-2-3-10-24-19/h2-4,6-8,10,12,20H,5,9,11,13-16H2,1H3. The molecule has 0 radical (unpaired) electrons. The van der Waals surface area contributed by atoms with E-state index in [9.17, 15) is 4.39 Å². The maximum atomic E-state index is 13.5. The number of halogens is 1. The molecule has 2 aromatic heterocycles. The van der Waals surface area contributed by atoms with Crippen molar-refractivity contribution in [3.63, 3.8) is 0 Å². The lowest BCUT2D eigenvalue weighted by Crippen LogP contribution is -2.23. The summed E-state index contributed by atoms with van der Waals surface area (Å²) in [4.78, 5) is 6.52. The van der Waals surface area contributed by atoms with Gasteiger partial charge in [-0.3, -0.25) is 9.88 Å². The molecule has 30 heavy (non-hydrogen) atoms. The van der Waals surface area contributed by atoms with E-state index in [0.717, 1.165) is 54.0 Å². The molecule has 6 nitrogen and oxygen atoms in total. The van der Waals surface area contributed by atoms with Crippen LogP contribution in [-0.2, 0) is 30.1 Å². The summed E-state index contributed by atoms with van der Waals surface area (Å²) in [5, 5.41) is 9.80. The minimum Gasteiger partial charge on any atom is -0.376 e. The Morgan fingerprint density at radius 2 is 2.13 bits per heavy atom. The summed E-state index contributed by atoms with van der Waals surface area (Å²) in [5.41, 5.74) is 1.95. The van der Waals surface area contributed by atoms with Crippen LogP contribution in [0.15, 0.2) is 53.8 Å². The first kappa shape index (κ1) is 21.0. The van der Waals surface area contributed by atoms with Crippen molar-refractivity contribution >= 4 is 11.8 Å². The van der Waals surface area contributed by atoms with Crippen LogP contribution in [0.5, 0.6) is 0 Å². The molecular weight excluding hydrogens is 401 g/mol. The number of nitrogens with zero attached hydrogens (tertiary/aromatic N) is 5. The Balaban J connectivity index is 1.47. The van der Waals surface area contributed by atoms with Crippen LogP contribution in [-0.4, -0.2) is 44.4 Å². The Hall–Kier alpha value is -2.29. The average molecular weight is 428 g/mol. The number of hydrogen-bond acceptors (Lipinski definition) is 6. The summed E-state index contributed by atoms with van der Waals surface area (Å²) < 4.78 is 21.5. The molecule has 0 saturated carbocycles. The van der Waals surface area contributed by atoms with Crippen molar-refractivity contribution in [2.24, 2.45) is 0 Å². The van der Waals surface area contributed by atoms with Crippen LogP contribution in [0.4, 0.5) is 4.39 Å². The summed E-state index contributed by atoms with van der Waals surface area (Å²) >= 11 is 1.64. The summed E-state index contributed by atoms with van der Waals surface area (Å²) in [5.74, 6) is 1.42. The minimum absolute atomic E-state index is 0.197. The van der Waals surface area contributed by atoms with E-state index >= 15 is 0 Å². The monoisotopic (exact) mass is 427 g/mol. The van der Waals surface area contributed by atoms with Gasteiger partial charge >= 0.3 is 0 Å². The highest BCUT2D eigenvalue weighted by molar-refractivity contribution is 7.98. The third kappa shape index (κ3) is 5.65. The zero-order valence-corrected chi connectivity index (χ0v) is 17.9. The van der Waals surface area contributed by atoms with Crippen molar-refractivity contribution in [3.8, 4) is 0 Å². The van der Waals surface area contributed by atoms with Gasteiger partial charge in [0.2, 0.25) is 0 Å². The summed E-state index contributed by atoms with van der Waals surface area (Å²) in [7, 11) is 2.01. The number of pyridine rings is 1. The van der Waals surface area contributed by atoms with Crippen LogP contribution in [0, 0.1) is 5.82 Å². The second-order valence-electron chi connectivity index (χ2n) is 7.56. The lowest BCUT2D eigenvalue weighted by molar-refractivity contribution is 0.0934. The maximum absolute atomic E-state index is 13.5. The van der Waals surface area contributed by atoms with Crippen molar-refractivity contribution in [1.82, 2.24) is 24.6 Å². The molecule has 0 amide bonds. The summed E-state index contributed by atoms with van der Waals surface area (Å²) in [6, 6.07) is 12.6. The zero-order valence-electron chi connectivity index (χ0n) is 17.1. The van der Waals surface area contributed by atoms with Crippen LogP contribution < -0.4 is 0 Å². The smallest absolute Gasteiger partial charge is 0.191 e. The van der Waals surface area contributed by atoms with Gasteiger partial charge in [-0.05, 0) is 49.7 Å². The van der Waals surface area contributed by atoms with E-state index in [-0.39, 0.29) is 11.9 Å². The van der Waals surface area contributed by atoms with Gasteiger partial charge in [-0.1, -0.05) is 30.0 Å². The lowest BCUT2D eigenvalue weighted by atomic mass is 10.2. The van der Waals surface area contributed by atoms with Gasteiger partial charge in [-0.15, -0.1) is 10.2 Å². The fourth-order valence-corrected chi connectivity index (χ4v) is 4.47. The highest BCUT2D eigenvalue weighted by atomic mass is 32.2. The molecular formula is C22H26FN5OS. The zero-order chi connectivity index (χ0) is 20.8. The van der Waals surface area contributed by atoms with Gasteiger partial charge < -0.3 is 9.30 Å². The molecule has 3 heterocycles. The van der Waals surface area contributed by atoms with Crippen molar-refractivity contribution in [2.45, 2.75) is 49.5 Å². The van der Waals surface area contributed by atoms with E-state index in [2.05, 4.69) is 24.6 Å². The molecule has 158 valence electrons. The number of rotatable bonds is 9. The maximum Gasteiger partial charge on any atom is 0.191 e. The molecule has 1 unspecified atom stereocenters. The van der Waals surface area contributed by atoms with Gasteiger partial charge in [-0.25, -0.2) is 4.39 Å². The molecule has 4 rings (SSSR count). The number of benzene rings is 1. The summed E-state index contributed by atoms with van der Waals surface area (Å²) in [6.45, 7) is 2.83. The predicted molar refractivity (Wildman–Crippen MR) is 114 cm³/mol. The normalized spacial score (nSPS) is 16.4. The molecule has 0 aliphatic carbocycles. The first-order chi connectivity index (χ1) is 14.7. The van der Waals surface area contributed by atoms with Crippen molar-refractivity contribution < 1.29 is 9.13 Å². The topological polar surface area (TPSA) is 56.1 Å². The van der Waals surface area contributed by atoms with Crippen molar-refractivity contribution in [1.29, 1.82) is 0 Å². The second kappa shape index (κ2) is 10.1. The molecule has 0 bridgehead atoms. The molecule has 1 aliphatic heterocycles. The number of aromatic nitrogens is 4. The Morgan fingerprint density at radius 3 is 2.90 bits per heavy atom. The van der Waals surface area contributed by atoms with Gasteiger partial charge in [0.05, 0.1) is 24.9 Å². The fourth-order valence-electron chi connectivity index (χ4n) is 3.58. The molecule has 1 saturated heterocycles. The van der Waals surface area contributed by atoms with Crippen LogP contribution >= 0.6 is 11.8 Å². The number of hydrogen-bond donors (Lipinski definition) is 0. The van der Waals surface area contributed by atoms with Gasteiger partial charge in [0.1, 0.15) is 11.6 Å². The molecule has 1 aromatic carbocycles. The Kier molecular flexibility index (Phi) is 7.09. The van der Waals surface area contributed by atoms with Crippen LogP contribution in [0.3, 0.4) is 0 Å². The SMILES string of the molecule is CN(Cc1cccc(F)c1)Cc1nnc(SCc2ccccn2)n1CC1CCCO1. The van der Waals surface area contributed by atoms with Crippen LogP contribution in [0.1, 0.15) is 29.9 Å². The third-order valence-corrected chi connectivity index (χ3v) is 6.03. The van der Waals surface area contributed by atoms with Gasteiger partial charge in [0.15, 0.2) is 5.16 Å². The second-order valence-corrected chi connectivity index (χ2v) is 8.50. The van der Waals surface area contributed by atoms with Gasteiger partial charge in [0.25, 0.3) is 0 Å². The molecule has 1 aliphatic rings. The van der Waals surface area contributed by atoms with Crippen LogP contribution in [0.25, 0.3) is 0 Å². The lowest BCUT2D eigenvalue weighted by Gasteiger charge is -2.19. The number of ether oxygens (including phenoxy) is 1. The van der Waals surface area contributed by atoms with Crippen LogP contribution in [0.2, 0.25) is 0 Å². The highest BCUT2D eigenvalue weighted by Crippen LogP contribution is 2.24. The first-order valence-corrected chi connectivity index (χ1v) is 11.2. The molecule has 0 N–H and O–H groups in total.